The molecule has 0 aliphatic carbocycles. The lowest BCUT2D eigenvalue weighted by Gasteiger charge is -2.35. The second kappa shape index (κ2) is 12.0. The van der Waals surface area contributed by atoms with Gasteiger partial charge in [-0.1, -0.05) is 17.7 Å². The molecule has 1 aromatic rings. The average Bonchev–Trinajstić information content (AvgIpc) is 2.64. The van der Waals surface area contributed by atoms with Crippen LogP contribution in [0.5, 0.6) is 0 Å². The lowest BCUT2D eigenvalue weighted by atomic mass is 10.1. The molecular formula is C18H28Cl3FN4O. The highest BCUT2D eigenvalue weighted by Crippen LogP contribution is 2.21. The van der Waals surface area contributed by atoms with Crippen molar-refractivity contribution in [3.63, 3.8) is 0 Å². The first-order chi connectivity index (χ1) is 12.1. The Bertz CT molecular complexity index is 574. The highest BCUT2D eigenvalue weighted by molar-refractivity contribution is 6.31. The summed E-state index contributed by atoms with van der Waals surface area (Å²) >= 11 is 6.11. The summed E-state index contributed by atoms with van der Waals surface area (Å²) in [5.74, 6) is 0.0126. The average molecular weight is 442 g/mol. The van der Waals surface area contributed by atoms with Gasteiger partial charge < -0.3 is 15.1 Å². The van der Waals surface area contributed by atoms with E-state index in [9.17, 15) is 9.18 Å². The van der Waals surface area contributed by atoms with Crippen LogP contribution in [-0.4, -0.2) is 79.5 Å². The van der Waals surface area contributed by atoms with E-state index >= 15 is 0 Å². The lowest BCUT2D eigenvalue weighted by molar-refractivity contribution is -0.132. The fraction of sp³-hybridized carbons (Fsp3) is 0.611. The van der Waals surface area contributed by atoms with E-state index in [1.165, 1.54) is 6.07 Å². The van der Waals surface area contributed by atoms with Crippen LogP contribution >= 0.6 is 36.4 Å². The van der Waals surface area contributed by atoms with E-state index < -0.39 is 0 Å². The van der Waals surface area contributed by atoms with Crippen molar-refractivity contribution < 1.29 is 9.18 Å². The quantitative estimate of drug-likeness (QED) is 0.761. The monoisotopic (exact) mass is 440 g/mol. The zero-order valence-corrected chi connectivity index (χ0v) is 17.7. The number of hydrogen-bond donors (Lipinski definition) is 1. The summed E-state index contributed by atoms with van der Waals surface area (Å²) in [6, 6.07) is 4.83. The number of amides is 1. The van der Waals surface area contributed by atoms with Crippen molar-refractivity contribution in [2.75, 3.05) is 58.9 Å². The van der Waals surface area contributed by atoms with E-state index in [1.54, 1.807) is 12.1 Å². The van der Waals surface area contributed by atoms with Gasteiger partial charge in [0.1, 0.15) is 5.82 Å². The standard InChI is InChI=1S/C18H26ClFN4O.2ClH/c19-16-2-1-3-17(20)15(16)14-23-12-10-22(11-13-23)7-4-18(25)24-8-5-21-6-9-24;;/h1-3,21H,4-14H2;2*1H. The minimum Gasteiger partial charge on any atom is -0.340 e. The number of nitrogens with zero attached hydrogens (tertiary/aromatic N) is 3. The molecule has 0 spiro atoms. The van der Waals surface area contributed by atoms with Crippen LogP contribution in [-0.2, 0) is 11.3 Å². The maximum atomic E-state index is 13.9. The van der Waals surface area contributed by atoms with Crippen LogP contribution < -0.4 is 5.32 Å². The number of halogens is 4. The smallest absolute Gasteiger partial charge is 0.223 e. The fourth-order valence-corrected chi connectivity index (χ4v) is 3.63. The number of carbonyl (C=O) groups is 1. The van der Waals surface area contributed by atoms with Gasteiger partial charge in [-0.15, -0.1) is 24.8 Å². The first kappa shape index (κ1) is 24.4. The normalized spacial score (nSPS) is 18.5. The van der Waals surface area contributed by atoms with Gasteiger partial charge in [-0.05, 0) is 12.1 Å². The molecule has 1 N–H and O–H groups in total. The van der Waals surface area contributed by atoms with Gasteiger partial charge in [-0.25, -0.2) is 4.39 Å². The molecular weight excluding hydrogens is 414 g/mol. The molecule has 0 radical (unpaired) electrons. The molecule has 0 atom stereocenters. The molecule has 27 heavy (non-hydrogen) atoms. The molecule has 9 heteroatoms. The van der Waals surface area contributed by atoms with Crippen molar-refractivity contribution in [1.29, 1.82) is 0 Å². The predicted molar refractivity (Wildman–Crippen MR) is 112 cm³/mol. The van der Waals surface area contributed by atoms with Gasteiger partial charge >= 0.3 is 0 Å². The number of benzene rings is 1. The molecule has 154 valence electrons. The second-order valence-corrected chi connectivity index (χ2v) is 7.11. The molecule has 0 aromatic heterocycles. The number of nitrogens with one attached hydrogen (secondary N) is 1. The minimum absolute atomic E-state index is 0. The maximum absolute atomic E-state index is 13.9. The Hall–Kier alpha value is -0.630. The summed E-state index contributed by atoms with van der Waals surface area (Å²) in [5.41, 5.74) is 0.575. The van der Waals surface area contributed by atoms with Gasteiger partial charge in [0.25, 0.3) is 0 Å². The summed E-state index contributed by atoms with van der Waals surface area (Å²) in [7, 11) is 0. The van der Waals surface area contributed by atoms with Crippen molar-refractivity contribution in [2.45, 2.75) is 13.0 Å². The van der Waals surface area contributed by atoms with Gasteiger partial charge in [0.05, 0.1) is 0 Å². The highest BCUT2D eigenvalue weighted by atomic mass is 35.5. The van der Waals surface area contributed by atoms with E-state index in [4.69, 9.17) is 11.6 Å². The predicted octanol–water partition coefficient (Wildman–Crippen LogP) is 2.26. The summed E-state index contributed by atoms with van der Waals surface area (Å²) < 4.78 is 13.9. The molecule has 1 amide bonds. The van der Waals surface area contributed by atoms with Crippen LogP contribution in [0.3, 0.4) is 0 Å². The summed E-state index contributed by atoms with van der Waals surface area (Å²) in [4.78, 5) is 18.7. The third-order valence-corrected chi connectivity index (χ3v) is 5.37. The SMILES string of the molecule is Cl.Cl.O=C(CCN1CCN(Cc2c(F)cccc2Cl)CC1)N1CCNCC1. The van der Waals surface area contributed by atoms with Crippen LogP contribution in [0.4, 0.5) is 4.39 Å². The Morgan fingerprint density at radius 2 is 1.67 bits per heavy atom. The molecule has 1 aromatic carbocycles. The Kier molecular flexibility index (Phi) is 10.9. The Balaban J connectivity index is 0.00000182. The van der Waals surface area contributed by atoms with Crippen molar-refractivity contribution in [2.24, 2.45) is 0 Å². The van der Waals surface area contributed by atoms with Crippen molar-refractivity contribution >= 4 is 42.3 Å². The number of rotatable bonds is 5. The molecule has 2 saturated heterocycles. The van der Waals surface area contributed by atoms with Crippen molar-refractivity contribution in [3.8, 4) is 0 Å². The number of carbonyl (C=O) groups excluding carboxylic acids is 1. The largest absolute Gasteiger partial charge is 0.340 e. The fourth-order valence-electron chi connectivity index (χ4n) is 3.40. The van der Waals surface area contributed by atoms with E-state index in [2.05, 4.69) is 15.1 Å². The molecule has 5 nitrogen and oxygen atoms in total. The third-order valence-electron chi connectivity index (χ3n) is 5.02. The van der Waals surface area contributed by atoms with Crippen LogP contribution in [0.25, 0.3) is 0 Å². The van der Waals surface area contributed by atoms with Crippen LogP contribution in [0.15, 0.2) is 18.2 Å². The van der Waals surface area contributed by atoms with Gasteiger partial charge in [-0.2, -0.15) is 0 Å². The van der Waals surface area contributed by atoms with E-state index in [0.29, 0.717) is 23.6 Å². The molecule has 2 aliphatic heterocycles. The molecule has 0 bridgehead atoms. The third kappa shape index (κ3) is 7.04. The molecule has 3 rings (SSSR count). The van der Waals surface area contributed by atoms with Crippen LogP contribution in [0.1, 0.15) is 12.0 Å². The number of piperazine rings is 2. The lowest BCUT2D eigenvalue weighted by Crippen LogP contribution is -2.49. The Morgan fingerprint density at radius 1 is 1.04 bits per heavy atom. The van der Waals surface area contributed by atoms with Gasteiger partial charge in [0.2, 0.25) is 5.91 Å². The Labute approximate surface area is 178 Å². The zero-order valence-electron chi connectivity index (χ0n) is 15.3. The Morgan fingerprint density at radius 3 is 2.30 bits per heavy atom. The van der Waals surface area contributed by atoms with Gasteiger partial charge in [-0.3, -0.25) is 9.69 Å². The van der Waals surface area contributed by atoms with E-state index in [1.807, 2.05) is 4.90 Å². The van der Waals surface area contributed by atoms with Gasteiger partial charge in [0, 0.05) is 82.5 Å². The summed E-state index contributed by atoms with van der Waals surface area (Å²) in [5, 5.41) is 3.75. The van der Waals surface area contributed by atoms with Gasteiger partial charge in [0.15, 0.2) is 0 Å². The van der Waals surface area contributed by atoms with E-state index in [0.717, 1.165) is 58.9 Å². The summed E-state index contributed by atoms with van der Waals surface area (Å²) in [6.07, 6.45) is 0.582. The van der Waals surface area contributed by atoms with Crippen LogP contribution in [0, 0.1) is 5.82 Å². The molecule has 2 aliphatic rings. The summed E-state index contributed by atoms with van der Waals surface area (Å²) in [6.45, 7) is 8.30. The molecule has 2 fully saturated rings. The van der Waals surface area contributed by atoms with Crippen molar-refractivity contribution in [3.05, 3.63) is 34.6 Å². The molecule has 0 unspecified atom stereocenters. The maximum Gasteiger partial charge on any atom is 0.223 e. The first-order valence-corrected chi connectivity index (χ1v) is 9.37. The van der Waals surface area contributed by atoms with Crippen molar-refractivity contribution in [1.82, 2.24) is 20.0 Å². The zero-order chi connectivity index (χ0) is 17.6. The highest BCUT2D eigenvalue weighted by Gasteiger charge is 2.21. The van der Waals surface area contributed by atoms with E-state index in [-0.39, 0.29) is 36.5 Å². The first-order valence-electron chi connectivity index (χ1n) is 8.99. The second-order valence-electron chi connectivity index (χ2n) is 6.70. The van der Waals surface area contributed by atoms with Crippen LogP contribution in [0.2, 0.25) is 5.02 Å². The number of hydrogen-bond acceptors (Lipinski definition) is 4. The minimum atomic E-state index is -0.239. The molecule has 2 heterocycles. The molecule has 0 saturated carbocycles. The topological polar surface area (TPSA) is 38.8 Å².